The predicted octanol–water partition coefficient (Wildman–Crippen LogP) is 0.847. The molecule has 0 aromatic heterocycles. The summed E-state index contributed by atoms with van der Waals surface area (Å²) >= 11 is 0. The number of hydrogen-bond donors (Lipinski definition) is 1. The van der Waals surface area contributed by atoms with Gasteiger partial charge in [-0.25, -0.2) is 0 Å². The second kappa shape index (κ2) is 1.82. The molecule has 10 heavy (non-hydrogen) atoms. The highest BCUT2D eigenvalue weighted by molar-refractivity contribution is 5.91. The van der Waals surface area contributed by atoms with Gasteiger partial charge in [0.2, 0.25) is 0 Å². The lowest BCUT2D eigenvalue weighted by molar-refractivity contribution is -0.121. The lowest BCUT2D eigenvalue weighted by Gasteiger charge is -2.04. The first-order valence-corrected chi connectivity index (χ1v) is 4.03. The monoisotopic (exact) mass is 139 g/mol. The van der Waals surface area contributed by atoms with E-state index in [0.717, 1.165) is 19.3 Å². The second-order valence-corrected chi connectivity index (χ2v) is 3.73. The maximum absolute atomic E-state index is 11.3. The Bertz CT molecular complexity index is 168. The molecule has 56 valence electrons. The zero-order valence-corrected chi connectivity index (χ0v) is 6.10. The quantitative estimate of drug-likeness (QED) is 0.629. The predicted molar refractivity (Wildman–Crippen MR) is 38.5 cm³/mol. The normalized spacial score (nSPS) is 28.1. The van der Waals surface area contributed by atoms with Crippen molar-refractivity contribution in [1.82, 2.24) is 0 Å². The summed E-state index contributed by atoms with van der Waals surface area (Å²) in [6.07, 6.45) is 5.12. The van der Waals surface area contributed by atoms with Crippen LogP contribution in [0, 0.1) is 5.92 Å². The first-order chi connectivity index (χ1) is 4.71. The fourth-order valence-corrected chi connectivity index (χ4v) is 1.20. The minimum absolute atomic E-state index is 0.315. The number of ketones is 1. The van der Waals surface area contributed by atoms with Gasteiger partial charge >= 0.3 is 0 Å². The molecule has 0 aromatic rings. The van der Waals surface area contributed by atoms with Gasteiger partial charge in [-0.3, -0.25) is 4.79 Å². The summed E-state index contributed by atoms with van der Waals surface area (Å²) in [5.74, 6) is 1.02. The van der Waals surface area contributed by atoms with Gasteiger partial charge in [0.1, 0.15) is 0 Å². The molecule has 0 spiro atoms. The van der Waals surface area contributed by atoms with Crippen molar-refractivity contribution in [2.75, 3.05) is 0 Å². The van der Waals surface area contributed by atoms with Crippen LogP contribution in [0.5, 0.6) is 0 Å². The summed E-state index contributed by atoms with van der Waals surface area (Å²) in [7, 11) is 0. The average Bonchev–Trinajstić information content (AvgIpc) is 2.67. The molecule has 2 N–H and O–H groups in total. The van der Waals surface area contributed by atoms with Gasteiger partial charge in [0.05, 0.1) is 5.54 Å². The molecule has 2 nitrogen and oxygen atoms in total. The van der Waals surface area contributed by atoms with Crippen LogP contribution in [0.25, 0.3) is 0 Å². The molecular formula is C8H13NO. The van der Waals surface area contributed by atoms with Crippen molar-refractivity contribution < 1.29 is 4.79 Å². The number of hydrogen-bond acceptors (Lipinski definition) is 2. The summed E-state index contributed by atoms with van der Waals surface area (Å²) in [5, 5.41) is 0. The minimum Gasteiger partial charge on any atom is -0.319 e. The highest BCUT2D eigenvalue weighted by Crippen LogP contribution is 2.39. The van der Waals surface area contributed by atoms with Crippen molar-refractivity contribution in [1.29, 1.82) is 0 Å². The second-order valence-electron chi connectivity index (χ2n) is 3.73. The smallest absolute Gasteiger partial charge is 0.152 e. The van der Waals surface area contributed by atoms with E-state index in [-0.39, 0.29) is 5.54 Å². The SMILES string of the molecule is NC1(C(=O)CC2CC2)CC1. The van der Waals surface area contributed by atoms with Crippen LogP contribution in [0.4, 0.5) is 0 Å². The molecular weight excluding hydrogens is 126 g/mol. The molecule has 0 unspecified atom stereocenters. The molecule has 0 aromatic carbocycles. The topological polar surface area (TPSA) is 43.1 Å². The Hall–Kier alpha value is -0.370. The molecule has 0 amide bonds. The number of carbonyl (C=O) groups is 1. The van der Waals surface area contributed by atoms with E-state index in [9.17, 15) is 4.79 Å². The molecule has 0 aliphatic heterocycles. The maximum Gasteiger partial charge on any atom is 0.152 e. The van der Waals surface area contributed by atoms with Crippen molar-refractivity contribution in [2.45, 2.75) is 37.6 Å². The summed E-state index contributed by atoms with van der Waals surface area (Å²) < 4.78 is 0. The molecule has 2 heteroatoms. The number of carbonyl (C=O) groups excluding carboxylic acids is 1. The Balaban J connectivity index is 1.85. The molecule has 2 fully saturated rings. The first kappa shape index (κ1) is 6.35. The summed E-state index contributed by atoms with van der Waals surface area (Å²) in [5.41, 5.74) is 5.36. The van der Waals surface area contributed by atoms with Crippen LogP contribution in [0.3, 0.4) is 0 Å². The fourth-order valence-electron chi connectivity index (χ4n) is 1.20. The van der Waals surface area contributed by atoms with Crippen LogP contribution in [0.2, 0.25) is 0 Å². The molecule has 0 heterocycles. The molecule has 0 radical (unpaired) electrons. The van der Waals surface area contributed by atoms with Gasteiger partial charge in [-0.15, -0.1) is 0 Å². The number of rotatable bonds is 3. The van der Waals surface area contributed by atoms with Gasteiger partial charge in [0, 0.05) is 6.42 Å². The van der Waals surface area contributed by atoms with E-state index in [0.29, 0.717) is 11.7 Å². The van der Waals surface area contributed by atoms with Crippen molar-refractivity contribution in [3.63, 3.8) is 0 Å². The Morgan fingerprint density at radius 3 is 2.50 bits per heavy atom. The van der Waals surface area contributed by atoms with Crippen LogP contribution in [-0.4, -0.2) is 11.3 Å². The van der Waals surface area contributed by atoms with Crippen LogP contribution < -0.4 is 5.73 Å². The Morgan fingerprint density at radius 1 is 1.50 bits per heavy atom. The lowest BCUT2D eigenvalue weighted by Crippen LogP contribution is -2.32. The lowest BCUT2D eigenvalue weighted by atomic mass is 10.1. The van der Waals surface area contributed by atoms with Gasteiger partial charge in [-0.1, -0.05) is 0 Å². The van der Waals surface area contributed by atoms with Gasteiger partial charge in [-0.2, -0.15) is 0 Å². The van der Waals surface area contributed by atoms with E-state index in [4.69, 9.17) is 5.73 Å². The Kier molecular flexibility index (Phi) is 1.15. The van der Waals surface area contributed by atoms with E-state index in [1.165, 1.54) is 12.8 Å². The third kappa shape index (κ3) is 1.08. The van der Waals surface area contributed by atoms with Crippen molar-refractivity contribution in [3.8, 4) is 0 Å². The van der Waals surface area contributed by atoms with Gasteiger partial charge in [0.15, 0.2) is 5.78 Å². The van der Waals surface area contributed by atoms with Gasteiger partial charge in [-0.05, 0) is 31.6 Å². The zero-order chi connectivity index (χ0) is 7.19. The number of nitrogens with two attached hydrogens (primary N) is 1. The molecule has 2 rings (SSSR count). The van der Waals surface area contributed by atoms with Crippen LogP contribution in [-0.2, 0) is 4.79 Å². The average molecular weight is 139 g/mol. The van der Waals surface area contributed by atoms with Crippen molar-refractivity contribution >= 4 is 5.78 Å². The minimum atomic E-state index is -0.359. The molecule has 2 aliphatic rings. The van der Waals surface area contributed by atoms with Crippen molar-refractivity contribution in [2.24, 2.45) is 11.7 Å². The third-order valence-corrected chi connectivity index (χ3v) is 2.51. The maximum atomic E-state index is 11.3. The Morgan fingerprint density at radius 2 is 2.10 bits per heavy atom. The fraction of sp³-hybridized carbons (Fsp3) is 0.875. The molecule has 2 aliphatic carbocycles. The summed E-state index contributed by atoms with van der Waals surface area (Å²) in [6, 6.07) is 0. The van der Waals surface area contributed by atoms with Crippen LogP contribution >= 0.6 is 0 Å². The highest BCUT2D eigenvalue weighted by atomic mass is 16.1. The molecule has 0 bridgehead atoms. The molecule has 0 saturated heterocycles. The largest absolute Gasteiger partial charge is 0.319 e. The van der Waals surface area contributed by atoms with Crippen LogP contribution in [0.15, 0.2) is 0 Å². The Labute approximate surface area is 60.8 Å². The van der Waals surface area contributed by atoms with Gasteiger partial charge < -0.3 is 5.73 Å². The number of Topliss-reactive ketones (excluding diaryl/α,β-unsaturated/α-hetero) is 1. The molecule has 2 saturated carbocycles. The van der Waals surface area contributed by atoms with E-state index in [1.54, 1.807) is 0 Å². The zero-order valence-electron chi connectivity index (χ0n) is 6.10. The summed E-state index contributed by atoms with van der Waals surface area (Å²) in [6.45, 7) is 0. The van der Waals surface area contributed by atoms with E-state index >= 15 is 0 Å². The van der Waals surface area contributed by atoms with Crippen LogP contribution in [0.1, 0.15) is 32.1 Å². The third-order valence-electron chi connectivity index (χ3n) is 2.51. The van der Waals surface area contributed by atoms with E-state index < -0.39 is 0 Å². The van der Waals surface area contributed by atoms with Gasteiger partial charge in [0.25, 0.3) is 0 Å². The van der Waals surface area contributed by atoms with Crippen molar-refractivity contribution in [3.05, 3.63) is 0 Å². The van der Waals surface area contributed by atoms with E-state index in [2.05, 4.69) is 0 Å². The highest BCUT2D eigenvalue weighted by Gasteiger charge is 2.46. The molecule has 0 atom stereocenters. The first-order valence-electron chi connectivity index (χ1n) is 4.03. The summed E-state index contributed by atoms with van der Waals surface area (Å²) in [4.78, 5) is 11.3. The standard InChI is InChI=1S/C8H13NO/c9-8(3-4-8)7(10)5-6-1-2-6/h6H,1-5,9H2. The van der Waals surface area contributed by atoms with E-state index in [1.807, 2.05) is 0 Å².